The van der Waals surface area contributed by atoms with Crippen molar-refractivity contribution in [2.45, 2.75) is 0 Å². The summed E-state index contributed by atoms with van der Waals surface area (Å²) in [6, 6.07) is 12.9. The molecule has 2 nitrogen and oxygen atoms in total. The Morgan fingerprint density at radius 1 is 1.10 bits per heavy atom. The van der Waals surface area contributed by atoms with Crippen molar-refractivity contribution in [3.8, 4) is 0 Å². The highest BCUT2D eigenvalue weighted by Crippen LogP contribution is 2.33. The molecule has 106 valence electrons. The first kappa shape index (κ1) is 14.1. The van der Waals surface area contributed by atoms with Gasteiger partial charge in [-0.3, -0.25) is 0 Å². The maximum atomic E-state index is 14.2. The van der Waals surface area contributed by atoms with E-state index in [-0.39, 0.29) is 18.2 Å². The van der Waals surface area contributed by atoms with Crippen molar-refractivity contribution in [3.05, 3.63) is 53.3 Å². The lowest BCUT2D eigenvalue weighted by molar-refractivity contribution is -0.616. The average Bonchev–Trinajstić information content (AvgIpc) is 2.86. The Hall–Kier alpha value is -1.84. The quantitative estimate of drug-likeness (QED) is 0.468. The van der Waals surface area contributed by atoms with E-state index in [0.717, 1.165) is 27.5 Å². The van der Waals surface area contributed by atoms with Crippen molar-refractivity contribution in [2.24, 2.45) is 7.05 Å². The molecule has 0 spiro atoms. The molecule has 2 aromatic heterocycles. The second-order valence-corrected chi connectivity index (χ2v) is 5.28. The molecule has 21 heavy (non-hydrogen) atoms. The zero-order chi connectivity index (χ0) is 13.9. The highest BCUT2D eigenvalue weighted by atomic mass is 35.5. The van der Waals surface area contributed by atoms with Gasteiger partial charge in [0.05, 0.1) is 15.9 Å². The van der Waals surface area contributed by atoms with Crippen LogP contribution < -0.4 is 17.0 Å². The first-order valence-electron chi connectivity index (χ1n) is 6.34. The molecule has 5 heteroatoms. The van der Waals surface area contributed by atoms with Crippen LogP contribution >= 0.6 is 11.6 Å². The van der Waals surface area contributed by atoms with E-state index < -0.39 is 0 Å². The molecule has 0 bridgehead atoms. The summed E-state index contributed by atoms with van der Waals surface area (Å²) >= 11 is 6.50. The molecule has 4 rings (SSSR count). The number of hydrogen-bond donors (Lipinski definition) is 1. The molecule has 0 unspecified atom stereocenters. The van der Waals surface area contributed by atoms with Crippen LogP contribution in [-0.4, -0.2) is 4.98 Å². The number of H-pyrrole nitrogens is 1. The molecule has 0 aliphatic heterocycles. The first-order chi connectivity index (χ1) is 9.68. The number of para-hydroxylation sites is 1. The van der Waals surface area contributed by atoms with E-state index in [1.165, 1.54) is 6.07 Å². The predicted molar refractivity (Wildman–Crippen MR) is 79.5 cm³/mol. The van der Waals surface area contributed by atoms with Crippen molar-refractivity contribution < 1.29 is 21.4 Å². The van der Waals surface area contributed by atoms with Gasteiger partial charge >= 0.3 is 0 Å². The topological polar surface area (TPSA) is 19.7 Å². The van der Waals surface area contributed by atoms with E-state index in [9.17, 15) is 4.39 Å². The van der Waals surface area contributed by atoms with Gasteiger partial charge in [-0.15, -0.1) is 0 Å². The highest BCUT2D eigenvalue weighted by molar-refractivity contribution is 6.40. The minimum absolute atomic E-state index is 0. The number of rotatable bonds is 0. The number of fused-ring (bicyclic) bond motifs is 4. The number of nitrogens with zero attached hydrogens (tertiary/aromatic N) is 1. The molecule has 1 N–H and O–H groups in total. The Balaban J connectivity index is 0.00000132. The van der Waals surface area contributed by atoms with Gasteiger partial charge in [0, 0.05) is 6.07 Å². The minimum atomic E-state index is -0.240. The second kappa shape index (κ2) is 4.86. The molecular weight excluding hydrogens is 310 g/mol. The van der Waals surface area contributed by atoms with Crippen LogP contribution in [0.3, 0.4) is 0 Å². The molecule has 0 atom stereocenters. The summed E-state index contributed by atoms with van der Waals surface area (Å²) in [5.41, 5.74) is 3.30. The number of pyridine rings is 1. The number of benzene rings is 2. The summed E-state index contributed by atoms with van der Waals surface area (Å²) in [4.78, 5) is 3.23. The molecule has 2 aromatic carbocycles. The number of aromatic amines is 1. The summed E-state index contributed by atoms with van der Waals surface area (Å²) < 4.78 is 16.2. The van der Waals surface area contributed by atoms with Gasteiger partial charge in [-0.1, -0.05) is 29.8 Å². The monoisotopic (exact) mass is 320 g/mol. The van der Waals surface area contributed by atoms with Crippen LogP contribution in [0, 0.1) is 5.82 Å². The van der Waals surface area contributed by atoms with Crippen LogP contribution in [0.4, 0.5) is 4.39 Å². The van der Waals surface area contributed by atoms with E-state index in [1.54, 1.807) is 6.07 Å². The lowest BCUT2D eigenvalue weighted by atomic mass is 10.1. The highest BCUT2D eigenvalue weighted by Gasteiger charge is 2.23. The maximum absolute atomic E-state index is 14.2. The van der Waals surface area contributed by atoms with Crippen molar-refractivity contribution in [1.82, 2.24) is 4.98 Å². The summed E-state index contributed by atoms with van der Waals surface area (Å²) in [7, 11) is 1.93. The van der Waals surface area contributed by atoms with Crippen LogP contribution in [0.1, 0.15) is 0 Å². The molecule has 4 aromatic rings. The summed E-state index contributed by atoms with van der Waals surface area (Å²) in [5, 5.41) is 2.16. The van der Waals surface area contributed by atoms with Crippen molar-refractivity contribution in [1.29, 1.82) is 0 Å². The van der Waals surface area contributed by atoms with E-state index in [1.807, 2.05) is 41.9 Å². The van der Waals surface area contributed by atoms with Gasteiger partial charge in [0.15, 0.2) is 0 Å². The van der Waals surface area contributed by atoms with Crippen LogP contribution in [0.25, 0.3) is 32.8 Å². The third kappa shape index (κ3) is 1.81. The Morgan fingerprint density at radius 2 is 1.86 bits per heavy atom. The standard InChI is InChI=1S/C16H10ClFN2.ClH/c1-20-12-8-3-2-5-9(12)14(17)15-16(20)13-10(18)6-4-7-11(13)19-15;/h2-8H,1H3;1H. The zero-order valence-electron chi connectivity index (χ0n) is 11.1. The Bertz CT molecular complexity index is 992. The van der Waals surface area contributed by atoms with Gasteiger partial charge in [-0.2, -0.15) is 4.57 Å². The molecular formula is C16H11Cl2FN2. The van der Waals surface area contributed by atoms with Gasteiger partial charge < -0.3 is 17.4 Å². The van der Waals surface area contributed by atoms with Crippen LogP contribution in [-0.2, 0) is 7.05 Å². The summed E-state index contributed by atoms with van der Waals surface area (Å²) in [6.45, 7) is 0. The van der Waals surface area contributed by atoms with E-state index in [2.05, 4.69) is 4.98 Å². The normalized spacial score (nSPS) is 11.2. The average molecular weight is 321 g/mol. The van der Waals surface area contributed by atoms with Gasteiger partial charge in [0.1, 0.15) is 23.8 Å². The molecule has 0 saturated carbocycles. The molecule has 0 radical (unpaired) electrons. The van der Waals surface area contributed by atoms with Crippen LogP contribution in [0.15, 0.2) is 42.5 Å². The summed E-state index contributed by atoms with van der Waals surface area (Å²) in [6.07, 6.45) is 0. The van der Waals surface area contributed by atoms with Crippen molar-refractivity contribution in [2.75, 3.05) is 0 Å². The number of nitrogens with one attached hydrogen (secondary N) is 1. The number of hydrogen-bond acceptors (Lipinski definition) is 0. The largest absolute Gasteiger partial charge is 1.00 e. The third-order valence-corrected chi connectivity index (χ3v) is 4.20. The first-order valence-corrected chi connectivity index (χ1v) is 6.72. The van der Waals surface area contributed by atoms with Gasteiger partial charge in [0.25, 0.3) is 0 Å². The smallest absolute Gasteiger partial charge is 0.243 e. The molecule has 0 fully saturated rings. The fourth-order valence-electron chi connectivity index (χ4n) is 2.89. The lowest BCUT2D eigenvalue weighted by Crippen LogP contribution is -3.00. The number of aryl methyl sites for hydroxylation is 1. The number of halogens is 3. The third-order valence-electron chi connectivity index (χ3n) is 3.80. The van der Waals surface area contributed by atoms with Gasteiger partial charge in [-0.25, -0.2) is 4.39 Å². The molecule has 0 aliphatic rings. The van der Waals surface area contributed by atoms with E-state index >= 15 is 0 Å². The fourth-order valence-corrected chi connectivity index (χ4v) is 3.19. The van der Waals surface area contributed by atoms with Crippen LogP contribution in [0.2, 0.25) is 5.02 Å². The Kier molecular flexibility index (Phi) is 3.27. The predicted octanol–water partition coefficient (Wildman–Crippen LogP) is 1.10. The molecule has 0 aliphatic carbocycles. The van der Waals surface area contributed by atoms with E-state index in [0.29, 0.717) is 10.4 Å². The Morgan fingerprint density at radius 3 is 2.67 bits per heavy atom. The van der Waals surface area contributed by atoms with Gasteiger partial charge in [-0.05, 0) is 18.2 Å². The molecule has 2 heterocycles. The fraction of sp³-hybridized carbons (Fsp3) is 0.0625. The molecule has 0 saturated heterocycles. The number of aromatic nitrogens is 2. The maximum Gasteiger partial charge on any atom is 0.243 e. The molecule has 0 amide bonds. The lowest BCUT2D eigenvalue weighted by Gasteiger charge is -2.01. The zero-order valence-corrected chi connectivity index (χ0v) is 12.6. The minimum Gasteiger partial charge on any atom is -1.00 e. The van der Waals surface area contributed by atoms with E-state index in [4.69, 9.17) is 11.6 Å². The SMILES string of the molecule is C[n+]1c2ccccc2c(Cl)c2[nH]c3cccc(F)c3c21.[Cl-]. The second-order valence-electron chi connectivity index (χ2n) is 4.90. The Labute approximate surface area is 131 Å². The van der Waals surface area contributed by atoms with Crippen molar-refractivity contribution in [3.63, 3.8) is 0 Å². The van der Waals surface area contributed by atoms with Gasteiger partial charge in [0.2, 0.25) is 11.0 Å². The van der Waals surface area contributed by atoms with Crippen molar-refractivity contribution >= 4 is 44.4 Å². The summed E-state index contributed by atoms with van der Waals surface area (Å²) in [5.74, 6) is -0.240. The van der Waals surface area contributed by atoms with Crippen LogP contribution in [0.5, 0.6) is 0 Å².